The van der Waals surface area contributed by atoms with Gasteiger partial charge in [0.1, 0.15) is 0 Å². The van der Waals surface area contributed by atoms with Crippen molar-refractivity contribution in [2.75, 3.05) is 0 Å². The van der Waals surface area contributed by atoms with Gasteiger partial charge in [0.25, 0.3) is 0 Å². The Balaban J connectivity index is 3.09. The van der Waals surface area contributed by atoms with E-state index >= 15 is 0 Å². The monoisotopic (exact) mass is 187 g/mol. The lowest BCUT2D eigenvalue weighted by atomic mass is 10.2. The number of nitrogens with zero attached hydrogens (tertiary/aromatic N) is 1. The fourth-order valence-electron chi connectivity index (χ4n) is 0.777. The highest BCUT2D eigenvalue weighted by Gasteiger charge is 2.02. The van der Waals surface area contributed by atoms with Gasteiger partial charge < -0.3 is 0 Å². The molecule has 0 spiro atoms. The molecule has 58 valence electrons. The summed E-state index contributed by atoms with van der Waals surface area (Å²) in [6, 6.07) is 0. The maximum atomic E-state index is 5.81. The van der Waals surface area contributed by atoms with Gasteiger partial charge in [0.2, 0.25) is 0 Å². The van der Waals surface area contributed by atoms with E-state index in [0.29, 0.717) is 16.5 Å². The summed E-state index contributed by atoms with van der Waals surface area (Å²) < 4.78 is 0. The van der Waals surface area contributed by atoms with E-state index in [2.05, 4.69) is 11.6 Å². The fraction of sp³-hybridized carbons (Fsp3) is 0.125. The Kier molecular flexibility index (Phi) is 2.92. The molecule has 0 aliphatic rings. The Hall–Kier alpha value is -0.530. The topological polar surface area (TPSA) is 12.9 Å². The van der Waals surface area contributed by atoms with Gasteiger partial charge in [-0.25, -0.2) is 0 Å². The molecule has 0 aromatic carbocycles. The molecule has 0 bridgehead atoms. The maximum absolute atomic E-state index is 5.81. The third kappa shape index (κ3) is 1.95. The Labute approximate surface area is 75.7 Å². The van der Waals surface area contributed by atoms with Crippen LogP contribution < -0.4 is 0 Å². The summed E-state index contributed by atoms with van der Waals surface area (Å²) in [5.74, 6) is 0. The van der Waals surface area contributed by atoms with Crippen LogP contribution in [0.25, 0.3) is 0 Å². The van der Waals surface area contributed by atoms with E-state index in [1.165, 1.54) is 0 Å². The lowest BCUT2D eigenvalue weighted by molar-refractivity contribution is 1.21. The van der Waals surface area contributed by atoms with Crippen LogP contribution in [0.15, 0.2) is 25.0 Å². The normalized spacial score (nSPS) is 9.64. The van der Waals surface area contributed by atoms with Gasteiger partial charge in [0.15, 0.2) is 0 Å². The van der Waals surface area contributed by atoms with Crippen molar-refractivity contribution in [3.05, 3.63) is 40.7 Å². The Morgan fingerprint density at radius 1 is 1.36 bits per heavy atom. The standard InChI is InChI=1S/C8H7Cl2N/c1-2-3-6-7(9)4-11-5-8(6)10/h2,4-5H,1,3H2. The predicted octanol–water partition coefficient (Wildman–Crippen LogP) is 3.12. The molecule has 3 heteroatoms. The van der Waals surface area contributed by atoms with Crippen molar-refractivity contribution in [1.29, 1.82) is 0 Å². The molecule has 0 saturated carbocycles. The van der Waals surface area contributed by atoms with E-state index in [9.17, 15) is 0 Å². The summed E-state index contributed by atoms with van der Waals surface area (Å²) in [6.45, 7) is 3.60. The molecular weight excluding hydrogens is 181 g/mol. The second-order valence-corrected chi connectivity index (χ2v) is 2.89. The van der Waals surface area contributed by atoms with Gasteiger partial charge in [0, 0.05) is 12.4 Å². The first-order valence-electron chi connectivity index (χ1n) is 3.14. The largest absolute Gasteiger partial charge is 0.262 e. The van der Waals surface area contributed by atoms with Crippen molar-refractivity contribution in [3.8, 4) is 0 Å². The minimum Gasteiger partial charge on any atom is -0.262 e. The molecule has 1 aromatic heterocycles. The molecule has 0 N–H and O–H groups in total. The SMILES string of the molecule is C=CCc1c(Cl)cncc1Cl. The smallest absolute Gasteiger partial charge is 0.0639 e. The van der Waals surface area contributed by atoms with E-state index in [0.717, 1.165) is 5.56 Å². The number of rotatable bonds is 2. The highest BCUT2D eigenvalue weighted by Crippen LogP contribution is 2.23. The third-order valence-corrected chi connectivity index (χ3v) is 1.95. The fourth-order valence-corrected chi connectivity index (χ4v) is 1.30. The molecule has 1 aromatic rings. The molecule has 0 unspecified atom stereocenters. The van der Waals surface area contributed by atoms with Crippen LogP contribution in [0.3, 0.4) is 0 Å². The van der Waals surface area contributed by atoms with Crippen LogP contribution in [-0.2, 0) is 6.42 Å². The average molecular weight is 188 g/mol. The summed E-state index contributed by atoms with van der Waals surface area (Å²) in [6.07, 6.45) is 5.59. The predicted molar refractivity (Wildman–Crippen MR) is 48.2 cm³/mol. The minimum absolute atomic E-state index is 0.595. The van der Waals surface area contributed by atoms with Crippen LogP contribution in [0.1, 0.15) is 5.56 Å². The minimum atomic E-state index is 0.595. The molecule has 0 saturated heterocycles. The molecule has 0 atom stereocenters. The summed E-state index contributed by atoms with van der Waals surface area (Å²) in [4.78, 5) is 3.83. The average Bonchev–Trinajstić information content (AvgIpc) is 1.97. The third-order valence-electron chi connectivity index (χ3n) is 1.30. The number of aromatic nitrogens is 1. The number of allylic oxidation sites excluding steroid dienone is 1. The Morgan fingerprint density at radius 3 is 2.36 bits per heavy atom. The van der Waals surface area contributed by atoms with Crippen molar-refractivity contribution < 1.29 is 0 Å². The van der Waals surface area contributed by atoms with Crippen LogP contribution in [0.4, 0.5) is 0 Å². The Bertz CT molecular complexity index is 251. The zero-order valence-electron chi connectivity index (χ0n) is 5.85. The van der Waals surface area contributed by atoms with Crippen molar-refractivity contribution >= 4 is 23.2 Å². The van der Waals surface area contributed by atoms with E-state index in [4.69, 9.17) is 23.2 Å². The zero-order valence-corrected chi connectivity index (χ0v) is 7.36. The van der Waals surface area contributed by atoms with Crippen LogP contribution in [-0.4, -0.2) is 4.98 Å². The summed E-state index contributed by atoms with van der Waals surface area (Å²) >= 11 is 11.6. The molecular formula is C8H7Cl2N. The number of hydrogen-bond donors (Lipinski definition) is 0. The molecule has 0 aliphatic carbocycles. The quantitative estimate of drug-likeness (QED) is 0.649. The number of halogens is 2. The summed E-state index contributed by atoms with van der Waals surface area (Å²) in [7, 11) is 0. The van der Waals surface area contributed by atoms with Gasteiger partial charge in [-0.3, -0.25) is 4.98 Å². The summed E-state index contributed by atoms with van der Waals surface area (Å²) in [5.41, 5.74) is 0.887. The lowest BCUT2D eigenvalue weighted by Crippen LogP contribution is -1.86. The van der Waals surface area contributed by atoms with Gasteiger partial charge in [0.05, 0.1) is 10.0 Å². The second-order valence-electron chi connectivity index (χ2n) is 2.07. The van der Waals surface area contributed by atoms with Crippen LogP contribution in [0.5, 0.6) is 0 Å². The number of pyridine rings is 1. The van der Waals surface area contributed by atoms with Crippen LogP contribution in [0, 0.1) is 0 Å². The zero-order chi connectivity index (χ0) is 8.27. The molecule has 1 heterocycles. The number of hydrogen-bond acceptors (Lipinski definition) is 1. The lowest BCUT2D eigenvalue weighted by Gasteiger charge is -2.01. The molecule has 0 radical (unpaired) electrons. The second kappa shape index (κ2) is 3.74. The first kappa shape index (κ1) is 8.57. The highest BCUT2D eigenvalue weighted by molar-refractivity contribution is 6.35. The van der Waals surface area contributed by atoms with Crippen LogP contribution >= 0.6 is 23.2 Å². The first-order chi connectivity index (χ1) is 5.25. The molecule has 11 heavy (non-hydrogen) atoms. The van der Waals surface area contributed by atoms with Gasteiger partial charge in [-0.1, -0.05) is 29.3 Å². The molecule has 0 fully saturated rings. The highest BCUT2D eigenvalue weighted by atomic mass is 35.5. The van der Waals surface area contributed by atoms with Crippen LogP contribution in [0.2, 0.25) is 10.0 Å². The summed E-state index contributed by atoms with van der Waals surface area (Å²) in [5, 5.41) is 1.19. The molecule has 1 rings (SSSR count). The van der Waals surface area contributed by atoms with Gasteiger partial charge >= 0.3 is 0 Å². The first-order valence-corrected chi connectivity index (χ1v) is 3.90. The van der Waals surface area contributed by atoms with Gasteiger partial charge in [-0.15, -0.1) is 6.58 Å². The van der Waals surface area contributed by atoms with E-state index < -0.39 is 0 Å². The van der Waals surface area contributed by atoms with E-state index in [1.807, 2.05) is 0 Å². The molecule has 0 aliphatic heterocycles. The molecule has 0 amide bonds. The van der Waals surface area contributed by atoms with Crippen molar-refractivity contribution in [2.45, 2.75) is 6.42 Å². The van der Waals surface area contributed by atoms with E-state index in [1.54, 1.807) is 18.5 Å². The van der Waals surface area contributed by atoms with Gasteiger partial charge in [-0.05, 0) is 12.0 Å². The maximum Gasteiger partial charge on any atom is 0.0639 e. The van der Waals surface area contributed by atoms with E-state index in [-0.39, 0.29) is 0 Å². The van der Waals surface area contributed by atoms with Crippen molar-refractivity contribution in [1.82, 2.24) is 4.98 Å². The molecule has 1 nitrogen and oxygen atoms in total. The van der Waals surface area contributed by atoms with Crippen molar-refractivity contribution in [3.63, 3.8) is 0 Å². The van der Waals surface area contributed by atoms with Crippen molar-refractivity contribution in [2.24, 2.45) is 0 Å². The van der Waals surface area contributed by atoms with Gasteiger partial charge in [-0.2, -0.15) is 0 Å². The Morgan fingerprint density at radius 2 is 1.91 bits per heavy atom.